The van der Waals surface area contributed by atoms with E-state index < -0.39 is 0 Å². The highest BCUT2D eigenvalue weighted by atomic mass is 14.8. The molecule has 11 atom stereocenters. The van der Waals surface area contributed by atoms with Crippen molar-refractivity contribution in [2.45, 2.75) is 120 Å². The smallest absolute Gasteiger partial charge is 0.0885 e. The Labute approximate surface area is 269 Å². The lowest BCUT2D eigenvalue weighted by Gasteiger charge is -2.76. The van der Waals surface area contributed by atoms with E-state index in [0.717, 1.165) is 65.7 Å². The van der Waals surface area contributed by atoms with Crippen LogP contribution in [0, 0.1) is 69.5 Å². The van der Waals surface area contributed by atoms with Gasteiger partial charge in [-0.05, 0) is 146 Å². The van der Waals surface area contributed by atoms with E-state index in [9.17, 15) is 0 Å². The molecule has 6 aliphatic carbocycles. The molecule has 0 saturated heterocycles. The van der Waals surface area contributed by atoms with E-state index >= 15 is 0 Å². The lowest BCUT2D eigenvalue weighted by molar-refractivity contribution is -0.241. The quantitative estimate of drug-likeness (QED) is 0.328. The fourth-order valence-electron chi connectivity index (χ4n) is 13.4. The maximum atomic E-state index is 5.03. The Morgan fingerprint density at radius 3 is 2.41 bits per heavy atom. The molecule has 7 rings (SSSR count). The monoisotopic (exact) mass is 592 g/mol. The van der Waals surface area contributed by atoms with Crippen molar-refractivity contribution >= 4 is 5.57 Å². The maximum absolute atomic E-state index is 5.03. The SMILES string of the molecule is C=C1CC(CC2CCC3C4CC5C(C)C6C=C(c7cnc(CC(C)C)cn7)C(=C)C(C)(C4CCC23C)C65C)CC(C)=C1CC. The van der Waals surface area contributed by atoms with Crippen molar-refractivity contribution in [2.75, 3.05) is 0 Å². The molecule has 0 aliphatic heterocycles. The molecule has 0 amide bonds. The van der Waals surface area contributed by atoms with Crippen LogP contribution in [0.15, 0.2) is 53.9 Å². The first-order valence-corrected chi connectivity index (χ1v) is 18.4. The Kier molecular flexibility index (Phi) is 7.34. The zero-order valence-corrected chi connectivity index (χ0v) is 29.3. The minimum Gasteiger partial charge on any atom is -0.257 e. The van der Waals surface area contributed by atoms with Gasteiger partial charge >= 0.3 is 0 Å². The summed E-state index contributed by atoms with van der Waals surface area (Å²) < 4.78 is 0. The Morgan fingerprint density at radius 1 is 0.977 bits per heavy atom. The minimum atomic E-state index is 0.124. The summed E-state index contributed by atoms with van der Waals surface area (Å²) in [5.74, 6) is 6.84. The number of nitrogens with zero attached hydrogens (tertiary/aromatic N) is 2. The van der Waals surface area contributed by atoms with Gasteiger partial charge in [-0.1, -0.05) is 78.8 Å². The lowest BCUT2D eigenvalue weighted by atomic mass is 9.28. The molecule has 6 aliphatic rings. The summed E-state index contributed by atoms with van der Waals surface area (Å²) in [6.07, 6.45) is 19.9. The van der Waals surface area contributed by atoms with Gasteiger partial charge in [0.25, 0.3) is 0 Å². The van der Waals surface area contributed by atoms with Crippen molar-refractivity contribution in [3.8, 4) is 0 Å². The van der Waals surface area contributed by atoms with Crippen LogP contribution in [0.3, 0.4) is 0 Å². The summed E-state index contributed by atoms with van der Waals surface area (Å²) in [4.78, 5) is 9.91. The van der Waals surface area contributed by atoms with Gasteiger partial charge in [-0.15, -0.1) is 0 Å². The van der Waals surface area contributed by atoms with E-state index in [2.05, 4.69) is 74.2 Å². The van der Waals surface area contributed by atoms with E-state index in [0.29, 0.717) is 22.7 Å². The fourth-order valence-corrected chi connectivity index (χ4v) is 13.4. The topological polar surface area (TPSA) is 25.8 Å². The van der Waals surface area contributed by atoms with Crippen LogP contribution in [0.25, 0.3) is 5.57 Å². The molecule has 1 heterocycles. The van der Waals surface area contributed by atoms with E-state index in [1.54, 1.807) is 11.1 Å². The van der Waals surface area contributed by atoms with E-state index in [4.69, 9.17) is 16.5 Å². The van der Waals surface area contributed by atoms with Crippen molar-refractivity contribution < 1.29 is 0 Å². The van der Waals surface area contributed by atoms with Crippen molar-refractivity contribution in [2.24, 2.45) is 69.5 Å². The average molecular weight is 593 g/mol. The Balaban J connectivity index is 1.17. The van der Waals surface area contributed by atoms with E-state index in [-0.39, 0.29) is 5.41 Å². The highest BCUT2D eigenvalue weighted by Crippen LogP contribution is 2.80. The molecule has 0 aromatic carbocycles. The first-order chi connectivity index (χ1) is 20.8. The van der Waals surface area contributed by atoms with Crippen LogP contribution in [0.4, 0.5) is 0 Å². The van der Waals surface area contributed by atoms with Crippen LogP contribution in [-0.2, 0) is 6.42 Å². The fraction of sp³-hybridized carbons (Fsp3) is 0.714. The maximum Gasteiger partial charge on any atom is 0.0885 e. The Hall–Kier alpha value is -1.96. The molecule has 2 nitrogen and oxygen atoms in total. The first kappa shape index (κ1) is 30.7. The minimum absolute atomic E-state index is 0.124. The van der Waals surface area contributed by atoms with Crippen molar-refractivity contribution in [1.29, 1.82) is 0 Å². The normalized spacial score (nSPS) is 44.6. The van der Waals surface area contributed by atoms with Crippen molar-refractivity contribution in [3.63, 3.8) is 0 Å². The third-order valence-corrected chi connectivity index (χ3v) is 15.6. The van der Waals surface area contributed by atoms with Crippen molar-refractivity contribution in [1.82, 2.24) is 9.97 Å². The summed E-state index contributed by atoms with van der Waals surface area (Å²) in [7, 11) is 0. The van der Waals surface area contributed by atoms with Crippen LogP contribution in [-0.4, -0.2) is 9.97 Å². The molecule has 4 fully saturated rings. The molecule has 44 heavy (non-hydrogen) atoms. The molecule has 0 bridgehead atoms. The molecule has 0 N–H and O–H groups in total. The van der Waals surface area contributed by atoms with Gasteiger partial charge in [0.15, 0.2) is 0 Å². The van der Waals surface area contributed by atoms with Crippen LogP contribution in [0.5, 0.6) is 0 Å². The second kappa shape index (κ2) is 10.5. The molecule has 238 valence electrons. The first-order valence-electron chi connectivity index (χ1n) is 18.4. The van der Waals surface area contributed by atoms with E-state index in [1.165, 1.54) is 68.1 Å². The third-order valence-electron chi connectivity index (χ3n) is 15.6. The second-order valence-electron chi connectivity index (χ2n) is 17.7. The summed E-state index contributed by atoms with van der Waals surface area (Å²) in [6.45, 7) is 29.4. The molecule has 0 spiro atoms. The van der Waals surface area contributed by atoms with Crippen LogP contribution in [0.1, 0.15) is 125 Å². The predicted octanol–water partition coefficient (Wildman–Crippen LogP) is 11.1. The van der Waals surface area contributed by atoms with Gasteiger partial charge < -0.3 is 0 Å². The summed E-state index contributed by atoms with van der Waals surface area (Å²) in [5, 5.41) is 0. The van der Waals surface area contributed by atoms with E-state index in [1.807, 2.05) is 6.20 Å². The predicted molar refractivity (Wildman–Crippen MR) is 185 cm³/mol. The standard InChI is InChI=1S/C42H60N2/c1-11-32-25(4)17-29(18-26(32)5)19-30-12-13-35-34-21-38-27(6)37-20-33(39-23-43-31(22-44-39)16-24(2)3)28(7)41(9,42(37,38)10)36(34)14-15-40(30,35)8/h20,22-24,27,29-30,34-38H,4,7,11-19,21H2,1-3,5-6,8-10H3. The molecular weight excluding hydrogens is 532 g/mol. The zero-order chi connectivity index (χ0) is 31.3. The molecule has 11 unspecified atom stereocenters. The zero-order valence-electron chi connectivity index (χ0n) is 29.3. The lowest BCUT2D eigenvalue weighted by Crippen LogP contribution is -2.70. The van der Waals surface area contributed by atoms with Gasteiger partial charge in [-0.2, -0.15) is 0 Å². The highest BCUT2D eigenvalue weighted by Gasteiger charge is 2.74. The van der Waals surface area contributed by atoms with Gasteiger partial charge in [0.2, 0.25) is 0 Å². The van der Waals surface area contributed by atoms with Crippen LogP contribution < -0.4 is 0 Å². The second-order valence-corrected chi connectivity index (χ2v) is 17.7. The number of allylic oxidation sites excluding steroid dienone is 6. The number of hydrogen-bond donors (Lipinski definition) is 0. The molecule has 0 radical (unpaired) electrons. The van der Waals surface area contributed by atoms with Gasteiger partial charge in [-0.25, -0.2) is 0 Å². The third kappa shape index (κ3) is 4.10. The summed E-state index contributed by atoms with van der Waals surface area (Å²) in [5.41, 5.74) is 10.4. The molecule has 1 aromatic heterocycles. The molecule has 4 saturated carbocycles. The summed E-state index contributed by atoms with van der Waals surface area (Å²) in [6, 6.07) is 0. The van der Waals surface area contributed by atoms with Gasteiger partial charge in [0.1, 0.15) is 0 Å². The largest absolute Gasteiger partial charge is 0.257 e. The summed E-state index contributed by atoms with van der Waals surface area (Å²) >= 11 is 0. The average Bonchev–Trinajstić information content (AvgIpc) is 3.30. The van der Waals surface area contributed by atoms with Gasteiger partial charge in [0.05, 0.1) is 17.6 Å². The van der Waals surface area contributed by atoms with Crippen molar-refractivity contribution in [3.05, 3.63) is 65.3 Å². The Bertz CT molecular complexity index is 1410. The molecule has 2 heteroatoms. The highest BCUT2D eigenvalue weighted by molar-refractivity contribution is 5.80. The number of fused-ring (bicyclic) bond motifs is 4. The number of rotatable bonds is 6. The van der Waals surface area contributed by atoms with Crippen LogP contribution >= 0.6 is 0 Å². The van der Waals surface area contributed by atoms with Gasteiger partial charge in [-0.3, -0.25) is 9.97 Å². The number of aromatic nitrogens is 2. The molecule has 1 aromatic rings. The van der Waals surface area contributed by atoms with Crippen LogP contribution in [0.2, 0.25) is 0 Å². The Morgan fingerprint density at radius 2 is 1.75 bits per heavy atom. The molecular formula is C42H60N2. The van der Waals surface area contributed by atoms with Gasteiger partial charge in [0, 0.05) is 17.2 Å². The number of hydrogen-bond acceptors (Lipinski definition) is 2.